The Morgan fingerprint density at radius 3 is 2.47 bits per heavy atom. The van der Waals surface area contributed by atoms with Crippen LogP contribution in [-0.4, -0.2) is 18.1 Å². The highest BCUT2D eigenvalue weighted by Gasteiger charge is 2.20. The molecule has 19 heavy (non-hydrogen) atoms. The first-order valence-corrected chi connectivity index (χ1v) is 7.71. The molecule has 1 aromatic rings. The van der Waals surface area contributed by atoms with E-state index in [0.29, 0.717) is 5.75 Å². The van der Waals surface area contributed by atoms with Crippen molar-refractivity contribution in [2.75, 3.05) is 18.1 Å². The summed E-state index contributed by atoms with van der Waals surface area (Å²) in [6, 6.07) is 2.03. The van der Waals surface area contributed by atoms with E-state index in [1.807, 2.05) is 6.92 Å². The van der Waals surface area contributed by atoms with Crippen molar-refractivity contribution >= 4 is 11.8 Å². The number of hydrogen-bond acceptors (Lipinski definition) is 2. The fourth-order valence-corrected chi connectivity index (χ4v) is 2.72. The summed E-state index contributed by atoms with van der Waals surface area (Å²) < 4.78 is 40.0. The van der Waals surface area contributed by atoms with Crippen molar-refractivity contribution in [2.45, 2.75) is 32.7 Å². The van der Waals surface area contributed by atoms with Gasteiger partial charge in [0.2, 0.25) is 0 Å². The quantitative estimate of drug-likeness (QED) is 0.566. The van der Waals surface area contributed by atoms with Crippen molar-refractivity contribution in [2.24, 2.45) is 0 Å². The van der Waals surface area contributed by atoms with Gasteiger partial charge in [0.05, 0.1) is 0 Å². The number of thioether (sulfide) groups is 1. The first kappa shape index (κ1) is 16.4. The molecule has 1 nitrogen and oxygen atoms in total. The van der Waals surface area contributed by atoms with Crippen LogP contribution in [0.2, 0.25) is 0 Å². The third-order valence-electron chi connectivity index (χ3n) is 2.71. The minimum atomic E-state index is -1.39. The van der Waals surface area contributed by atoms with Crippen molar-refractivity contribution < 1.29 is 13.2 Å². The molecular formula is C14H20F3NS. The SMILES string of the molecule is CCCNC(CSCCC)c1ccc(F)c(F)c1F. The Bertz CT molecular complexity index is 399. The van der Waals surface area contributed by atoms with Gasteiger partial charge in [-0.25, -0.2) is 13.2 Å². The van der Waals surface area contributed by atoms with Crippen molar-refractivity contribution in [1.82, 2.24) is 5.32 Å². The number of hydrogen-bond donors (Lipinski definition) is 1. The molecule has 0 bridgehead atoms. The van der Waals surface area contributed by atoms with E-state index in [1.54, 1.807) is 11.8 Å². The number of halogens is 3. The second-order valence-electron chi connectivity index (χ2n) is 4.35. The molecule has 5 heteroatoms. The van der Waals surface area contributed by atoms with Gasteiger partial charge in [0.1, 0.15) is 0 Å². The minimum absolute atomic E-state index is 0.205. The Balaban J connectivity index is 2.86. The fourth-order valence-electron chi connectivity index (χ4n) is 1.73. The Morgan fingerprint density at radius 2 is 1.84 bits per heavy atom. The highest BCUT2D eigenvalue weighted by atomic mass is 32.2. The van der Waals surface area contributed by atoms with E-state index in [0.717, 1.165) is 31.2 Å². The maximum absolute atomic E-state index is 13.8. The molecule has 0 heterocycles. The summed E-state index contributed by atoms with van der Waals surface area (Å²) in [6.07, 6.45) is 1.94. The summed E-state index contributed by atoms with van der Waals surface area (Å²) >= 11 is 1.68. The molecule has 0 aliphatic carbocycles. The first-order valence-electron chi connectivity index (χ1n) is 6.56. The van der Waals surface area contributed by atoms with Crippen molar-refractivity contribution in [3.05, 3.63) is 35.1 Å². The van der Waals surface area contributed by atoms with Crippen LogP contribution in [0.4, 0.5) is 13.2 Å². The normalized spacial score (nSPS) is 12.7. The molecule has 0 aromatic heterocycles. The van der Waals surface area contributed by atoms with Gasteiger partial charge < -0.3 is 5.32 Å². The van der Waals surface area contributed by atoms with E-state index in [-0.39, 0.29) is 11.6 Å². The molecule has 0 spiro atoms. The maximum Gasteiger partial charge on any atom is 0.194 e. The van der Waals surface area contributed by atoms with Crippen LogP contribution < -0.4 is 5.32 Å². The van der Waals surface area contributed by atoms with Gasteiger partial charge in [-0.3, -0.25) is 0 Å². The van der Waals surface area contributed by atoms with E-state index < -0.39 is 17.5 Å². The number of nitrogens with one attached hydrogen (secondary N) is 1. The molecule has 1 aromatic carbocycles. The lowest BCUT2D eigenvalue weighted by molar-refractivity contribution is 0.430. The van der Waals surface area contributed by atoms with Crippen molar-refractivity contribution in [1.29, 1.82) is 0 Å². The molecule has 0 fully saturated rings. The molecule has 1 unspecified atom stereocenters. The van der Waals surface area contributed by atoms with E-state index in [4.69, 9.17) is 0 Å². The third kappa shape index (κ3) is 4.73. The van der Waals surface area contributed by atoms with Gasteiger partial charge in [-0.2, -0.15) is 11.8 Å². The monoisotopic (exact) mass is 291 g/mol. The Hall–Kier alpha value is -0.680. The molecule has 0 aliphatic heterocycles. The lowest BCUT2D eigenvalue weighted by Gasteiger charge is -2.19. The van der Waals surface area contributed by atoms with Gasteiger partial charge in [0.25, 0.3) is 0 Å². The fraction of sp³-hybridized carbons (Fsp3) is 0.571. The third-order valence-corrected chi connectivity index (χ3v) is 3.98. The lowest BCUT2D eigenvalue weighted by atomic mass is 10.1. The van der Waals surface area contributed by atoms with Crippen LogP contribution in [0.1, 0.15) is 38.3 Å². The molecule has 0 aliphatic rings. The molecule has 1 atom stereocenters. The predicted octanol–water partition coefficient (Wildman–Crippen LogP) is 4.29. The summed E-state index contributed by atoms with van der Waals surface area (Å²) in [5.74, 6) is -1.99. The van der Waals surface area contributed by atoms with E-state index >= 15 is 0 Å². The summed E-state index contributed by atoms with van der Waals surface area (Å²) in [6.45, 7) is 4.79. The van der Waals surface area contributed by atoms with Gasteiger partial charge in [-0.1, -0.05) is 19.9 Å². The Labute approximate surface area is 117 Å². The van der Waals surface area contributed by atoms with Crippen LogP contribution in [0, 0.1) is 17.5 Å². The summed E-state index contributed by atoms with van der Waals surface area (Å²) in [7, 11) is 0. The summed E-state index contributed by atoms with van der Waals surface area (Å²) in [4.78, 5) is 0. The maximum atomic E-state index is 13.8. The standard InChI is InChI=1S/C14H20F3NS/c1-3-7-18-12(9-19-8-4-2)10-5-6-11(15)14(17)13(10)16/h5-6,12,18H,3-4,7-9H2,1-2H3. The van der Waals surface area contributed by atoms with Gasteiger partial charge in [-0.05, 0) is 31.2 Å². The molecule has 1 rings (SSSR count). The number of rotatable bonds is 8. The summed E-state index contributed by atoms with van der Waals surface area (Å²) in [5, 5.41) is 3.18. The van der Waals surface area contributed by atoms with Gasteiger partial charge >= 0.3 is 0 Å². The van der Waals surface area contributed by atoms with Crippen LogP contribution in [0.15, 0.2) is 12.1 Å². The minimum Gasteiger partial charge on any atom is -0.309 e. The lowest BCUT2D eigenvalue weighted by Crippen LogP contribution is -2.25. The highest BCUT2D eigenvalue weighted by Crippen LogP contribution is 2.24. The molecule has 0 saturated carbocycles. The average Bonchev–Trinajstić information content (AvgIpc) is 2.41. The first-order chi connectivity index (χ1) is 9.11. The zero-order chi connectivity index (χ0) is 14.3. The van der Waals surface area contributed by atoms with Gasteiger partial charge in [-0.15, -0.1) is 0 Å². The van der Waals surface area contributed by atoms with Crippen molar-refractivity contribution in [3.63, 3.8) is 0 Å². The average molecular weight is 291 g/mol. The van der Waals surface area contributed by atoms with E-state index in [9.17, 15) is 13.2 Å². The largest absolute Gasteiger partial charge is 0.309 e. The van der Waals surface area contributed by atoms with E-state index in [1.165, 1.54) is 6.07 Å². The van der Waals surface area contributed by atoms with Gasteiger partial charge in [0, 0.05) is 17.4 Å². The molecule has 1 N–H and O–H groups in total. The van der Waals surface area contributed by atoms with Crippen LogP contribution in [0.25, 0.3) is 0 Å². The Kier molecular flexibility index (Phi) is 7.31. The molecule has 0 amide bonds. The molecular weight excluding hydrogens is 271 g/mol. The van der Waals surface area contributed by atoms with E-state index in [2.05, 4.69) is 12.2 Å². The smallest absolute Gasteiger partial charge is 0.194 e. The summed E-state index contributed by atoms with van der Waals surface area (Å²) in [5.41, 5.74) is 0.205. The second-order valence-corrected chi connectivity index (χ2v) is 5.50. The molecule has 0 radical (unpaired) electrons. The van der Waals surface area contributed by atoms with Crippen LogP contribution in [0.3, 0.4) is 0 Å². The Morgan fingerprint density at radius 1 is 1.11 bits per heavy atom. The number of benzene rings is 1. The predicted molar refractivity (Wildman–Crippen MR) is 75.0 cm³/mol. The van der Waals surface area contributed by atoms with Crippen LogP contribution in [-0.2, 0) is 0 Å². The van der Waals surface area contributed by atoms with Crippen molar-refractivity contribution in [3.8, 4) is 0 Å². The topological polar surface area (TPSA) is 12.0 Å². The zero-order valence-corrected chi connectivity index (χ0v) is 12.1. The van der Waals surface area contributed by atoms with Gasteiger partial charge in [0.15, 0.2) is 17.5 Å². The zero-order valence-electron chi connectivity index (χ0n) is 11.3. The van der Waals surface area contributed by atoms with Crippen LogP contribution in [0.5, 0.6) is 0 Å². The highest BCUT2D eigenvalue weighted by molar-refractivity contribution is 7.99. The molecule has 108 valence electrons. The van der Waals surface area contributed by atoms with Crippen LogP contribution >= 0.6 is 11.8 Å². The molecule has 0 saturated heterocycles. The second kappa shape index (κ2) is 8.48.